The molecule has 0 radical (unpaired) electrons. The molecule has 3 aromatic carbocycles. The van der Waals surface area contributed by atoms with E-state index in [2.05, 4.69) is 48.4 Å². The van der Waals surface area contributed by atoms with Gasteiger partial charge in [-0.2, -0.15) is 0 Å². The molecule has 4 heterocycles. The number of aromatic nitrogens is 1. The Kier molecular flexibility index (Phi) is 11.1. The van der Waals surface area contributed by atoms with Crippen LogP contribution in [0.15, 0.2) is 77.6 Å². The van der Waals surface area contributed by atoms with Gasteiger partial charge in [-0.05, 0) is 73.1 Å². The molecular weight excluding hydrogens is 654 g/mol. The minimum atomic E-state index is -0.919. The lowest BCUT2D eigenvalue weighted by Gasteiger charge is -2.53. The lowest BCUT2D eigenvalue weighted by atomic mass is 9.80. The Morgan fingerprint density at radius 2 is 1.77 bits per heavy atom. The van der Waals surface area contributed by atoms with E-state index in [0.717, 1.165) is 59.3 Å². The van der Waals surface area contributed by atoms with E-state index in [1.54, 1.807) is 12.1 Å². The summed E-state index contributed by atoms with van der Waals surface area (Å²) in [5.74, 6) is 1.71. The molecule has 4 aromatic rings. The van der Waals surface area contributed by atoms with Crippen LogP contribution in [0.25, 0.3) is 10.9 Å². The van der Waals surface area contributed by atoms with Crippen LogP contribution in [0, 0.1) is 18.8 Å². The Bertz CT molecular complexity index is 1870. The van der Waals surface area contributed by atoms with Crippen molar-refractivity contribution in [1.29, 1.82) is 0 Å². The van der Waals surface area contributed by atoms with Gasteiger partial charge in [0.05, 0.1) is 44.5 Å². The van der Waals surface area contributed by atoms with Gasteiger partial charge in [-0.25, -0.2) is 0 Å². The van der Waals surface area contributed by atoms with Crippen LogP contribution in [0.3, 0.4) is 0 Å². The van der Waals surface area contributed by atoms with Crippen molar-refractivity contribution in [1.82, 2.24) is 10.3 Å². The summed E-state index contributed by atoms with van der Waals surface area (Å²) in [7, 11) is 0. The number of aromatic amines is 1. The third-order valence-corrected chi connectivity index (χ3v) is 12.5. The van der Waals surface area contributed by atoms with Gasteiger partial charge in [-0.15, -0.1) is 0 Å². The van der Waals surface area contributed by atoms with Crippen LogP contribution >= 0.6 is 0 Å². The van der Waals surface area contributed by atoms with Crippen molar-refractivity contribution in [2.24, 2.45) is 11.8 Å². The van der Waals surface area contributed by atoms with Crippen molar-refractivity contribution < 1.29 is 29.3 Å². The van der Waals surface area contributed by atoms with Crippen molar-refractivity contribution in [3.8, 4) is 11.5 Å². The molecule has 1 saturated carbocycles. The topological polar surface area (TPSA) is 124 Å². The highest BCUT2D eigenvalue weighted by Crippen LogP contribution is 2.43. The van der Waals surface area contributed by atoms with Crippen LogP contribution in [-0.2, 0) is 10.3 Å². The second-order valence-corrected chi connectivity index (χ2v) is 15.8. The molecule has 278 valence electrons. The fourth-order valence-corrected chi connectivity index (χ4v) is 9.28. The molecule has 9 nitrogen and oxygen atoms in total. The molecule has 4 fully saturated rings. The number of aliphatic hydroxyl groups is 2. The molecule has 3 saturated heterocycles. The summed E-state index contributed by atoms with van der Waals surface area (Å²) in [6.07, 6.45) is 7.23. The van der Waals surface area contributed by atoms with E-state index in [1.807, 2.05) is 24.3 Å². The highest BCUT2D eigenvalue weighted by Gasteiger charge is 2.48. The summed E-state index contributed by atoms with van der Waals surface area (Å²) < 4.78 is 14.1. The standard InChI is InChI=1S/C43H55N3O6/c1-29-25-32(30(2)44-26-38(48)35-14-16-37(47)42-36(35)15-18-41(49)45-42)13-17-39(29)51-24-8-21-46-22-19-31(20-23-46)40(27-46)52-28-43(50,34-11-6-7-12-34)33-9-4-3-5-10-33/h3-5,9-10,13-18,25,30-31,34,38,40,44,48,50H,6-8,11-12,19-24,26-28H2,1-2H3,(H-,45,47,49)/p+1/t30-,31?,38+,40+,43-,46?/m1/s1. The van der Waals surface area contributed by atoms with Crippen molar-refractivity contribution in [3.05, 3.63) is 105 Å². The summed E-state index contributed by atoms with van der Waals surface area (Å²) in [6.45, 7) is 9.99. The average Bonchev–Trinajstić information content (AvgIpc) is 3.72. The second-order valence-electron chi connectivity index (χ2n) is 15.8. The zero-order valence-corrected chi connectivity index (χ0v) is 30.7. The van der Waals surface area contributed by atoms with E-state index >= 15 is 0 Å². The van der Waals surface area contributed by atoms with Crippen molar-refractivity contribution in [2.75, 3.05) is 45.9 Å². The van der Waals surface area contributed by atoms with E-state index in [4.69, 9.17) is 9.47 Å². The highest BCUT2D eigenvalue weighted by atomic mass is 16.5. The molecule has 4 atom stereocenters. The first-order chi connectivity index (χ1) is 25.1. The maximum Gasteiger partial charge on any atom is 0.248 e. The molecule has 9 heteroatoms. The van der Waals surface area contributed by atoms with E-state index in [1.165, 1.54) is 50.9 Å². The van der Waals surface area contributed by atoms with Crippen LogP contribution in [0.5, 0.6) is 11.5 Å². The largest absolute Gasteiger partial charge is 0.506 e. The van der Waals surface area contributed by atoms with Gasteiger partial charge in [-0.3, -0.25) is 4.79 Å². The first kappa shape index (κ1) is 36.6. The Hall–Kier alpha value is -3.73. The minimum Gasteiger partial charge on any atom is -0.506 e. The maximum atomic E-state index is 12.1. The van der Waals surface area contributed by atoms with Gasteiger partial charge in [-0.1, -0.05) is 61.4 Å². The number of nitrogens with zero attached hydrogens (tertiary/aromatic N) is 1. The van der Waals surface area contributed by atoms with Gasteiger partial charge in [0, 0.05) is 49.2 Å². The summed E-state index contributed by atoms with van der Waals surface area (Å²) >= 11 is 0. The van der Waals surface area contributed by atoms with Crippen LogP contribution in [0.1, 0.15) is 86.3 Å². The number of piperidine rings is 3. The predicted octanol–water partition coefficient (Wildman–Crippen LogP) is 6.40. The molecular formula is C43H56N3O6+. The Morgan fingerprint density at radius 1 is 1.00 bits per heavy atom. The molecule has 8 rings (SSSR count). The van der Waals surface area contributed by atoms with Gasteiger partial charge in [0.25, 0.3) is 0 Å². The number of pyridine rings is 1. The van der Waals surface area contributed by atoms with Crippen LogP contribution in [-0.4, -0.2) is 76.8 Å². The van der Waals surface area contributed by atoms with Gasteiger partial charge < -0.3 is 39.6 Å². The normalized spacial score (nSPS) is 24.2. The summed E-state index contributed by atoms with van der Waals surface area (Å²) in [4.78, 5) is 14.4. The quantitative estimate of drug-likeness (QED) is 0.0715. The summed E-state index contributed by atoms with van der Waals surface area (Å²) in [6, 6.07) is 22.7. The Labute approximate surface area is 307 Å². The third-order valence-electron chi connectivity index (χ3n) is 12.5. The smallest absolute Gasteiger partial charge is 0.248 e. The molecule has 1 aromatic heterocycles. The summed E-state index contributed by atoms with van der Waals surface area (Å²) in [5, 5.41) is 37.3. The average molecular weight is 711 g/mol. The Balaban J connectivity index is 0.894. The van der Waals surface area contributed by atoms with Crippen molar-refractivity contribution >= 4 is 10.9 Å². The number of aliphatic hydroxyl groups excluding tert-OH is 1. The number of ether oxygens (including phenoxy) is 2. The number of fused-ring (bicyclic) bond motifs is 4. The van der Waals surface area contributed by atoms with E-state index in [9.17, 15) is 20.1 Å². The molecule has 1 aliphatic carbocycles. The molecule has 2 bridgehead atoms. The number of benzene rings is 3. The number of hydrogen-bond acceptors (Lipinski definition) is 7. The minimum absolute atomic E-state index is 0.0135. The molecule has 0 spiro atoms. The highest BCUT2D eigenvalue weighted by molar-refractivity contribution is 5.87. The van der Waals surface area contributed by atoms with Crippen LogP contribution in [0.4, 0.5) is 0 Å². The predicted molar refractivity (Wildman–Crippen MR) is 203 cm³/mol. The number of aryl methyl sites for hydroxylation is 1. The number of aromatic hydroxyl groups is 1. The molecule has 3 aliphatic heterocycles. The molecule has 0 unspecified atom stereocenters. The fraction of sp³-hybridized carbons (Fsp3) is 0.512. The van der Waals surface area contributed by atoms with Gasteiger partial charge >= 0.3 is 0 Å². The number of phenols is 1. The van der Waals surface area contributed by atoms with Crippen molar-refractivity contribution in [2.45, 2.75) is 82.6 Å². The number of phenolic OH excluding ortho intramolecular Hbond substituents is 1. The maximum absolute atomic E-state index is 12.1. The zero-order chi connectivity index (χ0) is 36.3. The van der Waals surface area contributed by atoms with Gasteiger partial charge in [0.2, 0.25) is 5.56 Å². The lowest BCUT2D eigenvalue weighted by Crippen LogP contribution is -2.65. The molecule has 4 aliphatic rings. The Morgan fingerprint density at radius 3 is 2.52 bits per heavy atom. The SMILES string of the molecule is Cc1cc([C@@H](C)NC[C@H](O)c2ccc(O)c3[nH]c(=O)ccc23)ccc1OCCC[N+]12CCC(CC1)[C@@H](OC[C@@](O)(c1ccccc1)C1CCCC1)C2. The first-order valence-electron chi connectivity index (χ1n) is 19.4. The molecule has 0 amide bonds. The monoisotopic (exact) mass is 710 g/mol. The van der Waals surface area contributed by atoms with Crippen molar-refractivity contribution in [3.63, 3.8) is 0 Å². The van der Waals surface area contributed by atoms with E-state index in [-0.39, 0.29) is 29.4 Å². The first-order valence-corrected chi connectivity index (χ1v) is 19.4. The van der Waals surface area contributed by atoms with Crippen LogP contribution in [0.2, 0.25) is 0 Å². The molecule has 5 N–H and O–H groups in total. The number of rotatable bonds is 15. The number of quaternary nitrogens is 1. The van der Waals surface area contributed by atoms with Gasteiger partial charge in [0.15, 0.2) is 0 Å². The van der Waals surface area contributed by atoms with Gasteiger partial charge in [0.1, 0.15) is 29.7 Å². The molecule has 52 heavy (non-hydrogen) atoms. The van der Waals surface area contributed by atoms with E-state index < -0.39 is 11.7 Å². The third kappa shape index (κ3) is 7.80. The fourth-order valence-electron chi connectivity index (χ4n) is 9.28. The zero-order valence-electron chi connectivity index (χ0n) is 30.7. The van der Waals surface area contributed by atoms with E-state index in [0.29, 0.717) is 42.1 Å². The number of nitrogens with one attached hydrogen (secondary N) is 2. The number of hydrogen-bond donors (Lipinski definition) is 5. The number of H-pyrrole nitrogens is 1. The summed E-state index contributed by atoms with van der Waals surface area (Å²) in [5.41, 5.74) is 2.92. The second kappa shape index (κ2) is 15.7. The van der Waals surface area contributed by atoms with Crippen LogP contribution < -0.4 is 15.6 Å². The lowest BCUT2D eigenvalue weighted by molar-refractivity contribution is -0.946.